The highest BCUT2D eigenvalue weighted by Crippen LogP contribution is 2.20. The van der Waals surface area contributed by atoms with Gasteiger partial charge in [0.1, 0.15) is 0 Å². The lowest BCUT2D eigenvalue weighted by molar-refractivity contribution is 0.437. The Morgan fingerprint density at radius 2 is 2.00 bits per heavy atom. The van der Waals surface area contributed by atoms with Gasteiger partial charge in [0.05, 0.1) is 0 Å². The summed E-state index contributed by atoms with van der Waals surface area (Å²) in [6.45, 7) is 6.45. The van der Waals surface area contributed by atoms with Crippen LogP contribution in [0.15, 0.2) is 35.5 Å². The van der Waals surface area contributed by atoms with Crippen molar-refractivity contribution in [3.05, 3.63) is 35.5 Å². The Labute approximate surface area is 81.4 Å². The molecule has 1 aliphatic heterocycles. The van der Waals surface area contributed by atoms with Crippen LogP contribution in [0.2, 0.25) is 0 Å². The molecule has 0 radical (unpaired) electrons. The first-order valence-electron chi connectivity index (χ1n) is 4.97. The SMILES string of the molecule is C\C=C/C=C1/CN(C)C/C1=C/CC. The second-order valence-corrected chi connectivity index (χ2v) is 3.53. The van der Waals surface area contributed by atoms with Crippen molar-refractivity contribution in [1.29, 1.82) is 0 Å². The zero-order valence-corrected chi connectivity index (χ0v) is 8.88. The van der Waals surface area contributed by atoms with Gasteiger partial charge in [0, 0.05) is 13.1 Å². The van der Waals surface area contributed by atoms with Crippen molar-refractivity contribution in [1.82, 2.24) is 4.90 Å². The van der Waals surface area contributed by atoms with Crippen LogP contribution >= 0.6 is 0 Å². The fourth-order valence-corrected chi connectivity index (χ4v) is 1.65. The molecule has 0 aromatic rings. The van der Waals surface area contributed by atoms with Crippen LogP contribution < -0.4 is 0 Å². The highest BCUT2D eigenvalue weighted by Gasteiger charge is 2.16. The number of likely N-dealkylation sites (tertiary alicyclic amines) is 1. The summed E-state index contributed by atoms with van der Waals surface area (Å²) in [6.07, 6.45) is 9.90. The summed E-state index contributed by atoms with van der Waals surface area (Å²) < 4.78 is 0. The second kappa shape index (κ2) is 5.03. The summed E-state index contributed by atoms with van der Waals surface area (Å²) in [6, 6.07) is 0. The predicted octanol–water partition coefficient (Wildman–Crippen LogP) is 2.77. The van der Waals surface area contributed by atoms with Gasteiger partial charge >= 0.3 is 0 Å². The molecule has 1 fully saturated rings. The monoisotopic (exact) mass is 177 g/mol. The van der Waals surface area contributed by atoms with Gasteiger partial charge in [-0.15, -0.1) is 0 Å². The highest BCUT2D eigenvalue weighted by molar-refractivity contribution is 5.39. The molecule has 1 aliphatic rings. The Kier molecular flexibility index (Phi) is 3.97. The Hall–Kier alpha value is -0.820. The maximum atomic E-state index is 2.34. The van der Waals surface area contributed by atoms with E-state index in [-0.39, 0.29) is 0 Å². The molecular formula is C12H19N. The van der Waals surface area contributed by atoms with E-state index in [4.69, 9.17) is 0 Å². The van der Waals surface area contributed by atoms with Crippen molar-refractivity contribution in [2.75, 3.05) is 20.1 Å². The molecule has 1 saturated heterocycles. The Morgan fingerprint density at radius 3 is 2.62 bits per heavy atom. The van der Waals surface area contributed by atoms with Gasteiger partial charge in [0.25, 0.3) is 0 Å². The Bertz CT molecular complexity index is 246. The van der Waals surface area contributed by atoms with Crippen molar-refractivity contribution in [3.63, 3.8) is 0 Å². The minimum Gasteiger partial charge on any atom is -0.298 e. The third kappa shape index (κ3) is 2.85. The molecule has 0 spiro atoms. The average Bonchev–Trinajstić information content (AvgIpc) is 2.44. The summed E-state index contributed by atoms with van der Waals surface area (Å²) in [5.41, 5.74) is 2.98. The van der Waals surface area contributed by atoms with E-state index in [1.165, 1.54) is 11.1 Å². The minimum atomic E-state index is 1.09. The molecule has 72 valence electrons. The van der Waals surface area contributed by atoms with Crippen molar-refractivity contribution >= 4 is 0 Å². The third-order valence-electron chi connectivity index (χ3n) is 2.23. The number of hydrogen-bond donors (Lipinski definition) is 0. The zero-order chi connectivity index (χ0) is 9.68. The lowest BCUT2D eigenvalue weighted by Gasteiger charge is -2.01. The molecule has 0 aromatic heterocycles. The largest absolute Gasteiger partial charge is 0.298 e. The molecule has 1 heterocycles. The maximum Gasteiger partial charge on any atom is 0.0237 e. The summed E-state index contributed by atoms with van der Waals surface area (Å²) in [7, 11) is 2.17. The second-order valence-electron chi connectivity index (χ2n) is 3.53. The third-order valence-corrected chi connectivity index (χ3v) is 2.23. The molecule has 0 unspecified atom stereocenters. The number of rotatable bonds is 2. The first kappa shape index (κ1) is 10.3. The molecule has 0 bridgehead atoms. The van der Waals surface area contributed by atoms with E-state index >= 15 is 0 Å². The van der Waals surface area contributed by atoms with Crippen LogP contribution in [-0.2, 0) is 0 Å². The van der Waals surface area contributed by atoms with Gasteiger partial charge in [-0.2, -0.15) is 0 Å². The van der Waals surface area contributed by atoms with Gasteiger partial charge < -0.3 is 0 Å². The molecule has 1 nitrogen and oxygen atoms in total. The molecule has 0 atom stereocenters. The molecule has 0 N–H and O–H groups in total. The van der Waals surface area contributed by atoms with E-state index in [2.05, 4.69) is 50.1 Å². The molecule has 13 heavy (non-hydrogen) atoms. The molecule has 0 aliphatic carbocycles. The van der Waals surface area contributed by atoms with Crippen molar-refractivity contribution in [2.45, 2.75) is 20.3 Å². The number of likely N-dealkylation sites (N-methyl/N-ethyl adjacent to an activating group) is 1. The summed E-state index contributed by atoms with van der Waals surface area (Å²) in [5, 5.41) is 0. The first-order chi connectivity index (χ1) is 6.27. The smallest absolute Gasteiger partial charge is 0.0237 e. The minimum absolute atomic E-state index is 1.09. The van der Waals surface area contributed by atoms with E-state index in [0.29, 0.717) is 0 Å². The van der Waals surface area contributed by atoms with Crippen LogP contribution in [-0.4, -0.2) is 25.0 Å². The standard InChI is InChI=1S/C12H19N/c1-4-6-8-12-10-13(3)9-11(12)7-5-2/h4,6-8H,5,9-10H2,1-3H3/b6-4-,11-7-,12-8-. The maximum absolute atomic E-state index is 2.34. The van der Waals surface area contributed by atoms with Crippen molar-refractivity contribution in [3.8, 4) is 0 Å². The summed E-state index contributed by atoms with van der Waals surface area (Å²) >= 11 is 0. The molecule has 1 heteroatoms. The van der Waals surface area contributed by atoms with Gasteiger partial charge in [-0.1, -0.05) is 31.2 Å². The quantitative estimate of drug-likeness (QED) is 0.627. The van der Waals surface area contributed by atoms with Crippen molar-refractivity contribution in [2.24, 2.45) is 0 Å². The van der Waals surface area contributed by atoms with Gasteiger partial charge in [-0.25, -0.2) is 0 Å². The molecule has 0 amide bonds. The summed E-state index contributed by atoms with van der Waals surface area (Å²) in [4.78, 5) is 2.34. The van der Waals surface area contributed by atoms with Crippen LogP contribution in [0, 0.1) is 0 Å². The van der Waals surface area contributed by atoms with Gasteiger partial charge in [-0.3, -0.25) is 4.90 Å². The van der Waals surface area contributed by atoms with Gasteiger partial charge in [-0.05, 0) is 31.5 Å². The first-order valence-corrected chi connectivity index (χ1v) is 4.97. The zero-order valence-electron chi connectivity index (χ0n) is 8.88. The van der Waals surface area contributed by atoms with E-state index in [9.17, 15) is 0 Å². The highest BCUT2D eigenvalue weighted by atomic mass is 15.1. The van der Waals surface area contributed by atoms with Crippen LogP contribution in [0.1, 0.15) is 20.3 Å². The molecule has 1 rings (SSSR count). The molecular weight excluding hydrogens is 158 g/mol. The van der Waals surface area contributed by atoms with Crippen LogP contribution in [0.3, 0.4) is 0 Å². The summed E-state index contributed by atoms with van der Waals surface area (Å²) in [5.74, 6) is 0. The average molecular weight is 177 g/mol. The van der Waals surface area contributed by atoms with E-state index in [1.807, 2.05) is 0 Å². The Balaban J connectivity index is 2.77. The number of hydrogen-bond acceptors (Lipinski definition) is 1. The van der Waals surface area contributed by atoms with Crippen molar-refractivity contribution < 1.29 is 0 Å². The van der Waals surface area contributed by atoms with E-state index < -0.39 is 0 Å². The van der Waals surface area contributed by atoms with Gasteiger partial charge in [0.15, 0.2) is 0 Å². The number of allylic oxidation sites excluding steroid dienone is 4. The fourth-order valence-electron chi connectivity index (χ4n) is 1.65. The van der Waals surface area contributed by atoms with Gasteiger partial charge in [0.2, 0.25) is 0 Å². The Morgan fingerprint density at radius 1 is 1.31 bits per heavy atom. The lowest BCUT2D eigenvalue weighted by atomic mass is 10.1. The van der Waals surface area contributed by atoms with Crippen LogP contribution in [0.5, 0.6) is 0 Å². The van der Waals surface area contributed by atoms with E-state index in [1.54, 1.807) is 0 Å². The molecule has 0 saturated carbocycles. The lowest BCUT2D eigenvalue weighted by Crippen LogP contribution is -2.11. The normalized spacial score (nSPS) is 25.5. The topological polar surface area (TPSA) is 3.24 Å². The predicted molar refractivity (Wildman–Crippen MR) is 58.8 cm³/mol. The van der Waals surface area contributed by atoms with Crippen LogP contribution in [0.25, 0.3) is 0 Å². The molecule has 0 aromatic carbocycles. The van der Waals surface area contributed by atoms with Crippen LogP contribution in [0.4, 0.5) is 0 Å². The fraction of sp³-hybridized carbons (Fsp3) is 0.500. The van der Waals surface area contributed by atoms with E-state index in [0.717, 1.165) is 19.5 Å². The number of nitrogens with zero attached hydrogens (tertiary/aromatic N) is 1.